The van der Waals surface area contributed by atoms with Crippen molar-refractivity contribution < 1.29 is 4.79 Å². The van der Waals surface area contributed by atoms with Gasteiger partial charge in [0, 0.05) is 58.6 Å². The van der Waals surface area contributed by atoms with Crippen molar-refractivity contribution in [1.82, 2.24) is 24.7 Å². The van der Waals surface area contributed by atoms with Crippen molar-refractivity contribution in [2.24, 2.45) is 10.9 Å². The molecule has 2 unspecified atom stereocenters. The lowest BCUT2D eigenvalue weighted by atomic mass is 9.93. The fraction of sp³-hybridized carbons (Fsp3) is 0.522. The molecule has 0 radical (unpaired) electrons. The first kappa shape index (κ1) is 20.4. The summed E-state index contributed by atoms with van der Waals surface area (Å²) in [6.07, 6.45) is 8.58. The highest BCUT2D eigenvalue weighted by Gasteiger charge is 2.29. The quantitative estimate of drug-likeness (QED) is 0.610. The Labute approximate surface area is 178 Å². The topological polar surface area (TPSA) is 65.8 Å². The lowest BCUT2D eigenvalue weighted by Crippen LogP contribution is -2.48. The zero-order valence-corrected chi connectivity index (χ0v) is 18.0. The molecule has 2 aliphatic rings. The van der Waals surface area contributed by atoms with Gasteiger partial charge in [-0.15, -0.1) is 0 Å². The molecule has 7 heteroatoms. The number of carbonyl (C=O) groups is 1. The van der Waals surface area contributed by atoms with Crippen molar-refractivity contribution >= 4 is 11.9 Å². The number of hydrogen-bond acceptors (Lipinski definition) is 3. The minimum Gasteiger partial charge on any atom is -0.352 e. The minimum absolute atomic E-state index is 0.265. The first-order valence-electron chi connectivity index (χ1n) is 10.9. The van der Waals surface area contributed by atoms with Crippen LogP contribution in [-0.2, 0) is 17.9 Å². The molecule has 30 heavy (non-hydrogen) atoms. The molecule has 2 atom stereocenters. The summed E-state index contributed by atoms with van der Waals surface area (Å²) < 4.78 is 2.21. The Hall–Kier alpha value is -2.83. The van der Waals surface area contributed by atoms with E-state index in [9.17, 15) is 4.79 Å². The van der Waals surface area contributed by atoms with Crippen LogP contribution in [0.2, 0.25) is 0 Å². The van der Waals surface area contributed by atoms with Gasteiger partial charge in [-0.2, -0.15) is 0 Å². The maximum absolute atomic E-state index is 12.0. The average molecular weight is 409 g/mol. The number of imidazole rings is 1. The van der Waals surface area contributed by atoms with Gasteiger partial charge in [-0.25, -0.2) is 4.98 Å². The van der Waals surface area contributed by atoms with Crippen LogP contribution in [-0.4, -0.2) is 57.9 Å². The van der Waals surface area contributed by atoms with Crippen LogP contribution >= 0.6 is 0 Å². The van der Waals surface area contributed by atoms with E-state index in [1.807, 2.05) is 24.5 Å². The van der Waals surface area contributed by atoms with E-state index in [0.717, 1.165) is 38.4 Å². The zero-order chi connectivity index (χ0) is 20.9. The molecule has 1 aromatic heterocycles. The third kappa shape index (κ3) is 4.50. The Balaban J connectivity index is 1.41. The average Bonchev–Trinajstić information content (AvgIpc) is 3.43. The van der Waals surface area contributed by atoms with Crippen molar-refractivity contribution in [3.05, 3.63) is 54.1 Å². The first-order chi connectivity index (χ1) is 14.7. The van der Waals surface area contributed by atoms with Crippen molar-refractivity contribution in [1.29, 1.82) is 0 Å². The summed E-state index contributed by atoms with van der Waals surface area (Å²) in [4.78, 5) is 25.1. The van der Waals surface area contributed by atoms with E-state index in [4.69, 9.17) is 0 Å². The Morgan fingerprint density at radius 2 is 2.10 bits per heavy atom. The number of nitrogens with zero attached hydrogens (tertiary/aromatic N) is 5. The molecule has 1 amide bonds. The van der Waals surface area contributed by atoms with Crippen molar-refractivity contribution in [3.63, 3.8) is 0 Å². The maximum atomic E-state index is 12.0. The summed E-state index contributed by atoms with van der Waals surface area (Å²) in [5.74, 6) is 1.80. The third-order valence-corrected chi connectivity index (χ3v) is 6.43. The Morgan fingerprint density at radius 1 is 1.27 bits per heavy atom. The summed E-state index contributed by atoms with van der Waals surface area (Å²) in [6, 6.07) is 8.78. The molecule has 4 rings (SSSR count). The molecule has 3 heterocycles. The summed E-state index contributed by atoms with van der Waals surface area (Å²) in [5.41, 5.74) is 2.43. The Bertz CT molecular complexity index is 878. The SMILES string of the molecule is CN=C(NCc1ccccc1CN1CCCC1=O)N1CCC(C)C(n2ccnc2)C1. The summed E-state index contributed by atoms with van der Waals surface area (Å²) in [6.45, 7) is 6.49. The number of benzene rings is 1. The zero-order valence-electron chi connectivity index (χ0n) is 18.0. The number of guanidine groups is 1. The number of hydrogen-bond donors (Lipinski definition) is 1. The molecule has 2 saturated heterocycles. The van der Waals surface area contributed by atoms with E-state index < -0.39 is 0 Å². The number of amides is 1. The standard InChI is InChI=1S/C23H32N6O/c1-18-9-12-28(16-21(18)29-13-10-25-17-29)23(24-2)26-14-19-6-3-4-7-20(19)15-27-11-5-8-22(27)30/h3-4,6-7,10,13,17-18,21H,5,8-9,11-12,14-16H2,1-2H3,(H,24,26). The van der Waals surface area contributed by atoms with Gasteiger partial charge in [-0.3, -0.25) is 9.79 Å². The molecule has 0 bridgehead atoms. The van der Waals surface area contributed by atoms with E-state index in [0.29, 0.717) is 31.5 Å². The van der Waals surface area contributed by atoms with Gasteiger partial charge in [0.15, 0.2) is 5.96 Å². The van der Waals surface area contributed by atoms with Crippen LogP contribution in [0.15, 0.2) is 48.0 Å². The number of piperidine rings is 1. The second kappa shape index (κ2) is 9.32. The lowest BCUT2D eigenvalue weighted by Gasteiger charge is -2.39. The van der Waals surface area contributed by atoms with Gasteiger partial charge in [0.05, 0.1) is 12.4 Å². The molecule has 0 saturated carbocycles. The van der Waals surface area contributed by atoms with Gasteiger partial charge in [0.2, 0.25) is 5.91 Å². The summed E-state index contributed by atoms with van der Waals surface area (Å²) in [5, 5.41) is 3.56. The molecule has 160 valence electrons. The van der Waals surface area contributed by atoms with E-state index in [2.05, 4.69) is 62.1 Å². The van der Waals surface area contributed by atoms with Crippen LogP contribution < -0.4 is 5.32 Å². The molecular weight excluding hydrogens is 376 g/mol. The molecule has 2 aliphatic heterocycles. The van der Waals surface area contributed by atoms with Crippen LogP contribution in [0.1, 0.15) is 43.4 Å². The van der Waals surface area contributed by atoms with E-state index in [-0.39, 0.29) is 5.91 Å². The third-order valence-electron chi connectivity index (χ3n) is 6.43. The number of aromatic nitrogens is 2. The predicted octanol–water partition coefficient (Wildman–Crippen LogP) is 2.66. The largest absolute Gasteiger partial charge is 0.352 e. The van der Waals surface area contributed by atoms with E-state index in [1.54, 1.807) is 0 Å². The van der Waals surface area contributed by atoms with Gasteiger partial charge in [-0.05, 0) is 29.9 Å². The molecule has 1 aromatic carbocycles. The number of aliphatic imine (C=N–C) groups is 1. The molecular formula is C23H32N6O. The van der Waals surface area contributed by atoms with Crippen molar-refractivity contribution in [3.8, 4) is 0 Å². The highest BCUT2D eigenvalue weighted by atomic mass is 16.2. The molecule has 0 aliphatic carbocycles. The Morgan fingerprint density at radius 3 is 2.80 bits per heavy atom. The number of carbonyl (C=O) groups excluding carboxylic acids is 1. The van der Waals surface area contributed by atoms with Gasteiger partial charge >= 0.3 is 0 Å². The summed E-state index contributed by atoms with van der Waals surface area (Å²) in [7, 11) is 1.85. The number of likely N-dealkylation sites (tertiary alicyclic amines) is 2. The van der Waals surface area contributed by atoms with Crippen molar-refractivity contribution in [2.75, 3.05) is 26.7 Å². The highest BCUT2D eigenvalue weighted by Crippen LogP contribution is 2.27. The predicted molar refractivity (Wildman–Crippen MR) is 118 cm³/mol. The highest BCUT2D eigenvalue weighted by molar-refractivity contribution is 5.80. The molecule has 2 fully saturated rings. The van der Waals surface area contributed by atoms with Crippen LogP contribution in [0, 0.1) is 5.92 Å². The minimum atomic E-state index is 0.265. The second-order valence-electron chi connectivity index (χ2n) is 8.38. The van der Waals surface area contributed by atoms with Crippen molar-refractivity contribution in [2.45, 2.75) is 45.3 Å². The van der Waals surface area contributed by atoms with Gasteiger partial charge in [-0.1, -0.05) is 31.2 Å². The fourth-order valence-electron chi connectivity index (χ4n) is 4.56. The second-order valence-corrected chi connectivity index (χ2v) is 8.38. The van der Waals surface area contributed by atoms with Gasteiger partial charge in [0.25, 0.3) is 0 Å². The van der Waals surface area contributed by atoms with Gasteiger partial charge in [0.1, 0.15) is 0 Å². The monoisotopic (exact) mass is 408 g/mol. The Kier molecular flexibility index (Phi) is 6.35. The van der Waals surface area contributed by atoms with Crippen LogP contribution in [0.3, 0.4) is 0 Å². The smallest absolute Gasteiger partial charge is 0.222 e. The first-order valence-corrected chi connectivity index (χ1v) is 10.9. The van der Waals surface area contributed by atoms with E-state index >= 15 is 0 Å². The molecule has 7 nitrogen and oxygen atoms in total. The lowest BCUT2D eigenvalue weighted by molar-refractivity contribution is -0.128. The molecule has 2 aromatic rings. The van der Waals surface area contributed by atoms with Crippen LogP contribution in [0.25, 0.3) is 0 Å². The maximum Gasteiger partial charge on any atom is 0.222 e. The number of nitrogens with one attached hydrogen (secondary N) is 1. The number of rotatable bonds is 5. The summed E-state index contributed by atoms with van der Waals surface area (Å²) >= 11 is 0. The van der Waals surface area contributed by atoms with Gasteiger partial charge < -0.3 is 19.7 Å². The van der Waals surface area contributed by atoms with E-state index in [1.165, 1.54) is 11.1 Å². The fourth-order valence-corrected chi connectivity index (χ4v) is 4.56. The van der Waals surface area contributed by atoms with Crippen LogP contribution in [0.4, 0.5) is 0 Å². The normalized spacial score (nSPS) is 22.6. The molecule has 1 N–H and O–H groups in total. The van der Waals surface area contributed by atoms with Crippen LogP contribution in [0.5, 0.6) is 0 Å². The molecule has 0 spiro atoms.